The van der Waals surface area contributed by atoms with Crippen LogP contribution in [0.25, 0.3) is 0 Å². The maximum Gasteiger partial charge on any atom is 0.251 e. The molecule has 0 radical (unpaired) electrons. The van der Waals surface area contributed by atoms with E-state index in [1.54, 1.807) is 0 Å². The molecule has 0 spiro atoms. The summed E-state index contributed by atoms with van der Waals surface area (Å²) in [7, 11) is 0. The van der Waals surface area contributed by atoms with E-state index in [0.29, 0.717) is 17.7 Å². The van der Waals surface area contributed by atoms with E-state index < -0.39 is 23.4 Å². The van der Waals surface area contributed by atoms with Crippen LogP contribution in [-0.4, -0.2) is 10.9 Å². The smallest absolute Gasteiger partial charge is 0.251 e. The molecule has 0 aliphatic heterocycles. The van der Waals surface area contributed by atoms with Crippen molar-refractivity contribution < 1.29 is 18.0 Å². The minimum Gasteiger partial charge on any atom is -0.348 e. The fraction of sp³-hybridized carbons (Fsp3) is 0.0769. The molecule has 1 heterocycles. The van der Waals surface area contributed by atoms with Crippen LogP contribution in [0.15, 0.2) is 36.7 Å². The number of hydrogen-bond acceptors (Lipinski definition) is 2. The van der Waals surface area contributed by atoms with Crippen molar-refractivity contribution in [2.75, 3.05) is 0 Å². The number of nitrogens with zero attached hydrogens (tertiary/aromatic N) is 1. The van der Waals surface area contributed by atoms with E-state index in [1.807, 2.05) is 0 Å². The Labute approximate surface area is 107 Å². The molecule has 98 valence electrons. The molecule has 1 amide bonds. The zero-order valence-corrected chi connectivity index (χ0v) is 9.66. The lowest BCUT2D eigenvalue weighted by molar-refractivity contribution is 0.0950. The molecule has 0 fully saturated rings. The maximum absolute atomic E-state index is 13.3. The van der Waals surface area contributed by atoms with Gasteiger partial charge in [-0.15, -0.1) is 0 Å². The van der Waals surface area contributed by atoms with E-state index in [2.05, 4.69) is 10.3 Å². The molecule has 19 heavy (non-hydrogen) atoms. The number of carbonyl (C=O) groups excluding carboxylic acids is 1. The van der Waals surface area contributed by atoms with E-state index in [9.17, 15) is 18.0 Å². The molecule has 0 aliphatic rings. The van der Waals surface area contributed by atoms with Gasteiger partial charge in [-0.05, 0) is 12.1 Å². The predicted octanol–water partition coefficient (Wildman–Crippen LogP) is 2.43. The summed E-state index contributed by atoms with van der Waals surface area (Å²) < 4.78 is 39.3. The number of benzene rings is 1. The minimum atomic E-state index is -1.03. The van der Waals surface area contributed by atoms with Gasteiger partial charge in [-0.25, -0.2) is 13.2 Å². The average Bonchev–Trinajstić information content (AvgIpc) is 2.38. The summed E-state index contributed by atoms with van der Waals surface area (Å²) >= 11 is 0. The van der Waals surface area contributed by atoms with Crippen molar-refractivity contribution in [3.63, 3.8) is 0 Å². The number of nitrogens with one attached hydrogen (secondary N) is 1. The maximum atomic E-state index is 13.3. The lowest BCUT2D eigenvalue weighted by Crippen LogP contribution is -2.24. The number of carbonyl (C=O) groups is 1. The molecule has 0 saturated carbocycles. The molecule has 6 heteroatoms. The highest BCUT2D eigenvalue weighted by Crippen LogP contribution is 2.14. The van der Waals surface area contributed by atoms with Gasteiger partial charge in [0.2, 0.25) is 0 Å². The lowest BCUT2D eigenvalue weighted by atomic mass is 10.2. The second-order valence-electron chi connectivity index (χ2n) is 3.77. The number of rotatable bonds is 3. The van der Waals surface area contributed by atoms with Gasteiger partial charge >= 0.3 is 0 Å². The summed E-state index contributed by atoms with van der Waals surface area (Å²) in [6, 6.07) is 4.06. The van der Waals surface area contributed by atoms with Crippen LogP contribution in [0.5, 0.6) is 0 Å². The molecular weight excluding hydrogens is 257 g/mol. The molecule has 0 unspecified atom stereocenters. The van der Waals surface area contributed by atoms with Gasteiger partial charge in [-0.1, -0.05) is 0 Å². The topological polar surface area (TPSA) is 42.0 Å². The number of amides is 1. The van der Waals surface area contributed by atoms with Crippen LogP contribution in [0.4, 0.5) is 13.2 Å². The fourth-order valence-electron chi connectivity index (χ4n) is 1.51. The first kappa shape index (κ1) is 13.1. The second-order valence-corrected chi connectivity index (χ2v) is 3.77. The first-order chi connectivity index (χ1) is 9.08. The Kier molecular flexibility index (Phi) is 3.79. The van der Waals surface area contributed by atoms with Crippen LogP contribution in [-0.2, 0) is 6.54 Å². The van der Waals surface area contributed by atoms with Crippen LogP contribution in [0.3, 0.4) is 0 Å². The summed E-state index contributed by atoms with van der Waals surface area (Å²) in [4.78, 5) is 15.4. The zero-order chi connectivity index (χ0) is 13.8. The molecule has 0 saturated heterocycles. The zero-order valence-electron chi connectivity index (χ0n) is 9.66. The quantitative estimate of drug-likeness (QED) is 0.927. The van der Waals surface area contributed by atoms with Crippen LogP contribution < -0.4 is 5.32 Å². The molecule has 2 aromatic rings. The third kappa shape index (κ3) is 3.09. The van der Waals surface area contributed by atoms with Crippen molar-refractivity contribution in [1.82, 2.24) is 10.3 Å². The lowest BCUT2D eigenvalue weighted by Gasteiger charge is -2.07. The van der Waals surface area contributed by atoms with E-state index in [0.717, 1.165) is 0 Å². The number of pyridine rings is 1. The molecule has 0 atom stereocenters. The summed E-state index contributed by atoms with van der Waals surface area (Å²) in [6.07, 6.45) is 2.85. The highest BCUT2D eigenvalue weighted by Gasteiger charge is 2.13. The van der Waals surface area contributed by atoms with Crippen molar-refractivity contribution in [2.45, 2.75) is 6.54 Å². The molecular formula is C13H9F3N2O. The summed E-state index contributed by atoms with van der Waals surface area (Å²) in [5.74, 6) is -3.57. The summed E-state index contributed by atoms with van der Waals surface area (Å²) in [5.41, 5.74) is -0.0678. The first-order valence-electron chi connectivity index (χ1n) is 5.39. The molecule has 3 nitrogen and oxygen atoms in total. The van der Waals surface area contributed by atoms with Gasteiger partial charge < -0.3 is 5.32 Å². The summed E-state index contributed by atoms with van der Waals surface area (Å²) in [5, 5.41) is 2.35. The Morgan fingerprint density at radius 3 is 2.26 bits per heavy atom. The Hall–Kier alpha value is -2.37. The van der Waals surface area contributed by atoms with Crippen molar-refractivity contribution in [3.05, 3.63) is 65.2 Å². The first-order valence-corrected chi connectivity index (χ1v) is 5.39. The Balaban J connectivity index is 2.10. The van der Waals surface area contributed by atoms with Crippen molar-refractivity contribution in [1.29, 1.82) is 0 Å². The van der Waals surface area contributed by atoms with Crippen LogP contribution >= 0.6 is 0 Å². The molecule has 0 bridgehead atoms. The van der Waals surface area contributed by atoms with E-state index >= 15 is 0 Å². The second kappa shape index (κ2) is 5.51. The van der Waals surface area contributed by atoms with Crippen molar-refractivity contribution >= 4 is 5.91 Å². The van der Waals surface area contributed by atoms with Gasteiger partial charge in [0.1, 0.15) is 17.5 Å². The molecule has 2 rings (SSSR count). The standard InChI is InChI=1S/C13H9F3N2O/c14-9-5-11(15)10(12(16)6-9)7-18-13(19)8-1-3-17-4-2-8/h1-6H,7H2,(H,18,19). The summed E-state index contributed by atoms with van der Waals surface area (Å²) in [6.45, 7) is -0.362. The van der Waals surface area contributed by atoms with Gasteiger partial charge in [0.25, 0.3) is 5.91 Å². The van der Waals surface area contributed by atoms with E-state index in [-0.39, 0.29) is 12.1 Å². The number of halogens is 3. The molecule has 1 aromatic carbocycles. The van der Waals surface area contributed by atoms with Gasteiger partial charge in [-0.2, -0.15) is 0 Å². The van der Waals surface area contributed by atoms with Crippen LogP contribution in [0.1, 0.15) is 15.9 Å². The van der Waals surface area contributed by atoms with Gasteiger partial charge in [0, 0.05) is 42.2 Å². The molecule has 0 aliphatic carbocycles. The van der Waals surface area contributed by atoms with Crippen LogP contribution in [0, 0.1) is 17.5 Å². The normalized spacial score (nSPS) is 10.3. The molecule has 1 aromatic heterocycles. The Morgan fingerprint density at radius 1 is 1.11 bits per heavy atom. The average molecular weight is 266 g/mol. The number of aromatic nitrogens is 1. The van der Waals surface area contributed by atoms with Gasteiger partial charge in [-0.3, -0.25) is 9.78 Å². The Morgan fingerprint density at radius 2 is 1.68 bits per heavy atom. The van der Waals surface area contributed by atoms with E-state index in [1.165, 1.54) is 24.5 Å². The number of hydrogen-bond donors (Lipinski definition) is 1. The fourth-order valence-corrected chi connectivity index (χ4v) is 1.51. The predicted molar refractivity (Wildman–Crippen MR) is 61.7 cm³/mol. The SMILES string of the molecule is O=C(NCc1c(F)cc(F)cc1F)c1ccncc1. The third-order valence-corrected chi connectivity index (χ3v) is 2.47. The third-order valence-electron chi connectivity index (χ3n) is 2.47. The molecule has 1 N–H and O–H groups in total. The van der Waals surface area contributed by atoms with Crippen molar-refractivity contribution in [2.24, 2.45) is 0 Å². The van der Waals surface area contributed by atoms with Crippen molar-refractivity contribution in [3.8, 4) is 0 Å². The van der Waals surface area contributed by atoms with Crippen LogP contribution in [0.2, 0.25) is 0 Å². The minimum absolute atomic E-state index is 0.318. The highest BCUT2D eigenvalue weighted by atomic mass is 19.1. The largest absolute Gasteiger partial charge is 0.348 e. The Bertz CT molecular complexity index is 579. The monoisotopic (exact) mass is 266 g/mol. The highest BCUT2D eigenvalue weighted by molar-refractivity contribution is 5.93. The van der Waals surface area contributed by atoms with Gasteiger partial charge in [0.05, 0.1) is 0 Å². The van der Waals surface area contributed by atoms with E-state index in [4.69, 9.17) is 0 Å². The van der Waals surface area contributed by atoms with Gasteiger partial charge in [0.15, 0.2) is 0 Å².